The van der Waals surface area contributed by atoms with Crippen LogP contribution in [0.4, 0.5) is 0 Å². The van der Waals surface area contributed by atoms with E-state index in [0.29, 0.717) is 18.1 Å². The van der Waals surface area contributed by atoms with Crippen molar-refractivity contribution in [1.82, 2.24) is 9.80 Å². The summed E-state index contributed by atoms with van der Waals surface area (Å²) in [7, 11) is 0. The second-order valence-corrected chi connectivity index (χ2v) is 10.9. The van der Waals surface area contributed by atoms with Gasteiger partial charge in [-0.15, -0.1) is 0 Å². The molecule has 0 spiro atoms. The van der Waals surface area contributed by atoms with E-state index in [0.717, 1.165) is 61.5 Å². The van der Waals surface area contributed by atoms with Crippen molar-refractivity contribution in [3.63, 3.8) is 0 Å². The second kappa shape index (κ2) is 10.7. The van der Waals surface area contributed by atoms with E-state index in [1.807, 2.05) is 12.1 Å². The SMILES string of the molecule is C[C@@H]1CN(Cc2cccc(CC(=O)C3CCCCC3)c2Cl)C[C@H](C)N1C(=O)C1CCCC1. The van der Waals surface area contributed by atoms with Gasteiger partial charge in [0.25, 0.3) is 0 Å². The van der Waals surface area contributed by atoms with Crippen LogP contribution in [0.5, 0.6) is 0 Å². The van der Waals surface area contributed by atoms with Crippen LogP contribution in [0.15, 0.2) is 18.2 Å². The van der Waals surface area contributed by atoms with Crippen LogP contribution in [0, 0.1) is 11.8 Å². The molecule has 3 fully saturated rings. The Kier molecular flexibility index (Phi) is 7.94. The fourth-order valence-electron chi connectivity index (χ4n) is 6.27. The molecule has 0 N–H and O–H groups in total. The summed E-state index contributed by atoms with van der Waals surface area (Å²) >= 11 is 6.81. The lowest BCUT2D eigenvalue weighted by Gasteiger charge is -2.45. The van der Waals surface area contributed by atoms with Crippen LogP contribution in [0.25, 0.3) is 0 Å². The molecule has 1 saturated heterocycles. The van der Waals surface area contributed by atoms with Crippen LogP contribution < -0.4 is 0 Å². The van der Waals surface area contributed by atoms with Gasteiger partial charge >= 0.3 is 0 Å². The van der Waals surface area contributed by atoms with Gasteiger partial charge in [0, 0.05) is 55.0 Å². The molecule has 2 atom stereocenters. The number of carbonyl (C=O) groups is 2. The highest BCUT2D eigenvalue weighted by Crippen LogP contribution is 2.31. The lowest BCUT2D eigenvalue weighted by molar-refractivity contribution is -0.143. The molecule has 1 aliphatic heterocycles. The fourth-order valence-corrected chi connectivity index (χ4v) is 6.52. The first-order valence-electron chi connectivity index (χ1n) is 12.8. The van der Waals surface area contributed by atoms with Crippen molar-refractivity contribution in [1.29, 1.82) is 0 Å². The Morgan fingerprint density at radius 2 is 1.44 bits per heavy atom. The minimum absolute atomic E-state index is 0.210. The molecule has 176 valence electrons. The zero-order valence-electron chi connectivity index (χ0n) is 19.8. The van der Waals surface area contributed by atoms with Crippen LogP contribution in [0.2, 0.25) is 5.02 Å². The Morgan fingerprint density at radius 3 is 2.09 bits per heavy atom. The number of hydrogen-bond acceptors (Lipinski definition) is 3. The van der Waals surface area contributed by atoms with Gasteiger partial charge in [0.2, 0.25) is 5.91 Å². The highest BCUT2D eigenvalue weighted by atomic mass is 35.5. The van der Waals surface area contributed by atoms with Gasteiger partial charge in [0.05, 0.1) is 0 Å². The smallest absolute Gasteiger partial charge is 0.226 e. The van der Waals surface area contributed by atoms with Crippen LogP contribution >= 0.6 is 11.6 Å². The number of halogens is 1. The number of amides is 1. The van der Waals surface area contributed by atoms with Gasteiger partial charge in [-0.1, -0.05) is 61.9 Å². The molecular weight excluding hydrogens is 420 g/mol. The van der Waals surface area contributed by atoms with E-state index in [2.05, 4.69) is 29.7 Å². The maximum absolute atomic E-state index is 13.1. The number of nitrogens with zero attached hydrogens (tertiary/aromatic N) is 2. The van der Waals surface area contributed by atoms with E-state index in [1.54, 1.807) is 0 Å². The van der Waals surface area contributed by atoms with E-state index in [9.17, 15) is 9.59 Å². The Morgan fingerprint density at radius 1 is 0.875 bits per heavy atom. The molecule has 0 bridgehead atoms. The summed E-state index contributed by atoms with van der Waals surface area (Å²) in [6.45, 7) is 6.85. The number of hydrogen-bond donors (Lipinski definition) is 0. The molecule has 1 aromatic carbocycles. The van der Waals surface area contributed by atoms with E-state index >= 15 is 0 Å². The first-order valence-corrected chi connectivity index (χ1v) is 13.2. The molecule has 3 aliphatic rings. The third kappa shape index (κ3) is 5.39. The molecule has 1 aromatic rings. The van der Waals surface area contributed by atoms with Crippen LogP contribution in [0.1, 0.15) is 82.8 Å². The molecule has 1 amide bonds. The highest BCUT2D eigenvalue weighted by Gasteiger charge is 2.37. The summed E-state index contributed by atoms with van der Waals surface area (Å²) in [5.41, 5.74) is 2.06. The number of Topliss-reactive ketones (excluding diaryl/α,β-unsaturated/α-hetero) is 1. The maximum atomic E-state index is 13.1. The van der Waals surface area contributed by atoms with Crippen LogP contribution in [0.3, 0.4) is 0 Å². The van der Waals surface area contributed by atoms with Crippen LogP contribution in [-0.4, -0.2) is 46.7 Å². The zero-order valence-corrected chi connectivity index (χ0v) is 20.6. The maximum Gasteiger partial charge on any atom is 0.226 e. The number of rotatable bonds is 6. The first kappa shape index (κ1) is 23.8. The van der Waals surface area contributed by atoms with Crippen molar-refractivity contribution in [3.8, 4) is 0 Å². The van der Waals surface area contributed by atoms with Crippen molar-refractivity contribution in [3.05, 3.63) is 34.3 Å². The number of ketones is 1. The molecule has 0 unspecified atom stereocenters. The summed E-state index contributed by atoms with van der Waals surface area (Å²) in [6, 6.07) is 6.55. The monoisotopic (exact) mass is 458 g/mol. The minimum Gasteiger partial charge on any atom is -0.334 e. The van der Waals surface area contributed by atoms with Gasteiger partial charge in [0.15, 0.2) is 0 Å². The van der Waals surface area contributed by atoms with Gasteiger partial charge in [-0.2, -0.15) is 0 Å². The average molecular weight is 459 g/mol. The van der Waals surface area contributed by atoms with Crippen molar-refractivity contribution >= 4 is 23.3 Å². The largest absolute Gasteiger partial charge is 0.334 e. The Balaban J connectivity index is 1.38. The van der Waals surface area contributed by atoms with E-state index < -0.39 is 0 Å². The summed E-state index contributed by atoms with van der Waals surface area (Å²) < 4.78 is 0. The molecule has 2 saturated carbocycles. The normalized spacial score (nSPS) is 25.9. The predicted octanol–water partition coefficient (Wildman–Crippen LogP) is 5.64. The van der Waals surface area contributed by atoms with Gasteiger partial charge in [0.1, 0.15) is 5.78 Å². The Hall–Kier alpha value is -1.39. The van der Waals surface area contributed by atoms with Crippen LogP contribution in [-0.2, 0) is 22.6 Å². The van der Waals surface area contributed by atoms with Gasteiger partial charge in [-0.05, 0) is 50.7 Å². The standard InChI is InChI=1S/C27H39ClN2O2/c1-19-16-29(17-20(2)30(19)27(32)22-11-6-7-12-22)18-24-14-8-13-23(26(24)28)15-25(31)21-9-4-3-5-10-21/h8,13-14,19-22H,3-7,9-12,15-18H2,1-2H3/t19-,20+. The van der Waals surface area contributed by atoms with Gasteiger partial charge < -0.3 is 4.90 Å². The molecule has 0 aromatic heterocycles. The van der Waals surface area contributed by atoms with Crippen molar-refractivity contribution in [2.45, 2.75) is 96.7 Å². The molecule has 2 aliphatic carbocycles. The second-order valence-electron chi connectivity index (χ2n) is 10.5. The zero-order chi connectivity index (χ0) is 22.7. The highest BCUT2D eigenvalue weighted by molar-refractivity contribution is 6.32. The number of piperazine rings is 1. The summed E-state index contributed by atoms with van der Waals surface area (Å²) in [5, 5.41) is 0.751. The summed E-state index contributed by atoms with van der Waals surface area (Å²) in [4.78, 5) is 30.4. The molecular formula is C27H39ClN2O2. The minimum atomic E-state index is 0.210. The average Bonchev–Trinajstić information content (AvgIpc) is 3.31. The van der Waals surface area contributed by atoms with Crippen molar-refractivity contribution in [2.24, 2.45) is 11.8 Å². The Bertz CT molecular complexity index is 802. The third-order valence-electron chi connectivity index (χ3n) is 7.93. The van der Waals surface area contributed by atoms with Crippen molar-refractivity contribution < 1.29 is 9.59 Å². The molecule has 0 radical (unpaired) electrons. The third-order valence-corrected chi connectivity index (χ3v) is 8.42. The molecule has 32 heavy (non-hydrogen) atoms. The molecule has 1 heterocycles. The van der Waals surface area contributed by atoms with Gasteiger partial charge in [-0.3, -0.25) is 14.5 Å². The van der Waals surface area contributed by atoms with E-state index in [-0.39, 0.29) is 23.9 Å². The lowest BCUT2D eigenvalue weighted by Crippen LogP contribution is -2.59. The Labute approximate surface area is 198 Å². The topological polar surface area (TPSA) is 40.6 Å². The fraction of sp³-hybridized carbons (Fsp3) is 0.704. The summed E-state index contributed by atoms with van der Waals surface area (Å²) in [5.74, 6) is 1.17. The summed E-state index contributed by atoms with van der Waals surface area (Å²) in [6.07, 6.45) is 10.6. The first-order chi connectivity index (χ1) is 15.4. The van der Waals surface area contributed by atoms with E-state index in [4.69, 9.17) is 11.6 Å². The molecule has 5 heteroatoms. The molecule has 4 rings (SSSR count). The van der Waals surface area contributed by atoms with E-state index in [1.165, 1.54) is 32.1 Å². The van der Waals surface area contributed by atoms with Gasteiger partial charge in [-0.25, -0.2) is 0 Å². The quantitative estimate of drug-likeness (QED) is 0.553. The van der Waals surface area contributed by atoms with Crippen molar-refractivity contribution in [2.75, 3.05) is 13.1 Å². The number of carbonyl (C=O) groups excluding carboxylic acids is 2. The predicted molar refractivity (Wildman–Crippen MR) is 130 cm³/mol. The number of benzene rings is 1. The lowest BCUT2D eigenvalue weighted by atomic mass is 9.84. The molecule has 4 nitrogen and oxygen atoms in total.